The molecule has 1 saturated heterocycles. The van der Waals surface area contributed by atoms with Gasteiger partial charge >= 0.3 is 5.97 Å². The molecular weight excluding hydrogens is 286 g/mol. The summed E-state index contributed by atoms with van der Waals surface area (Å²) in [7, 11) is 0. The number of rotatable bonds is 3. The number of benzene rings is 1. The van der Waals surface area contributed by atoms with Crippen LogP contribution in [-0.4, -0.2) is 29.2 Å². The Balaban J connectivity index is 2.24. The third-order valence-electron chi connectivity index (χ3n) is 2.52. The van der Waals surface area contributed by atoms with Crippen molar-refractivity contribution in [2.45, 2.75) is 6.92 Å². The van der Waals surface area contributed by atoms with Crippen molar-refractivity contribution in [1.29, 1.82) is 0 Å². The lowest BCUT2D eigenvalue weighted by molar-refractivity contribution is -0.147. The number of ketones is 1. The first-order chi connectivity index (χ1) is 9.11. The quantitative estimate of drug-likeness (QED) is 0.636. The van der Waals surface area contributed by atoms with Crippen molar-refractivity contribution in [2.24, 2.45) is 10.9 Å². The van der Waals surface area contributed by atoms with Gasteiger partial charge in [0, 0.05) is 5.02 Å². The molecule has 0 amide bonds. The summed E-state index contributed by atoms with van der Waals surface area (Å²) < 4.78 is 4.91. The molecule has 0 radical (unpaired) electrons. The maximum Gasteiger partial charge on any atom is 0.323 e. The monoisotopic (exact) mass is 297 g/mol. The van der Waals surface area contributed by atoms with Crippen LogP contribution in [0.3, 0.4) is 0 Å². The lowest BCUT2D eigenvalue weighted by atomic mass is 10.1. The number of thioether (sulfide) groups is 1. The largest absolute Gasteiger partial charge is 0.465 e. The highest BCUT2D eigenvalue weighted by Gasteiger charge is 2.39. The van der Waals surface area contributed by atoms with E-state index in [1.807, 2.05) is 0 Å². The van der Waals surface area contributed by atoms with Crippen LogP contribution in [0.2, 0.25) is 5.02 Å². The third kappa shape index (κ3) is 3.36. The molecule has 2 rings (SSSR count). The SMILES string of the molecule is CCOC(=O)C1C(=O)CSC1=Nc1ccc(Cl)cc1. The zero-order valence-corrected chi connectivity index (χ0v) is 11.8. The maximum absolute atomic E-state index is 11.8. The van der Waals surface area contributed by atoms with Crippen molar-refractivity contribution in [3.63, 3.8) is 0 Å². The highest BCUT2D eigenvalue weighted by atomic mass is 35.5. The molecule has 0 N–H and O–H groups in total. The van der Waals surface area contributed by atoms with E-state index in [-0.39, 0.29) is 18.1 Å². The Kier molecular flexibility index (Phi) is 4.61. The van der Waals surface area contributed by atoms with E-state index in [4.69, 9.17) is 16.3 Å². The maximum atomic E-state index is 11.8. The minimum Gasteiger partial charge on any atom is -0.465 e. The van der Waals surface area contributed by atoms with Gasteiger partial charge in [-0.25, -0.2) is 4.99 Å². The van der Waals surface area contributed by atoms with Gasteiger partial charge in [-0.3, -0.25) is 9.59 Å². The van der Waals surface area contributed by atoms with Crippen molar-refractivity contribution in [1.82, 2.24) is 0 Å². The molecule has 1 aromatic rings. The third-order valence-corrected chi connectivity index (χ3v) is 3.82. The average Bonchev–Trinajstić information content (AvgIpc) is 2.74. The molecule has 1 unspecified atom stereocenters. The summed E-state index contributed by atoms with van der Waals surface area (Å²) in [5.41, 5.74) is 0.663. The van der Waals surface area contributed by atoms with Crippen LogP contribution in [0.5, 0.6) is 0 Å². The smallest absolute Gasteiger partial charge is 0.323 e. The van der Waals surface area contributed by atoms with Gasteiger partial charge in [-0.2, -0.15) is 0 Å². The summed E-state index contributed by atoms with van der Waals surface area (Å²) in [4.78, 5) is 27.8. The summed E-state index contributed by atoms with van der Waals surface area (Å²) >= 11 is 7.07. The highest BCUT2D eigenvalue weighted by molar-refractivity contribution is 8.15. The Morgan fingerprint density at radius 1 is 1.47 bits per heavy atom. The number of nitrogens with zero attached hydrogens (tertiary/aromatic N) is 1. The van der Waals surface area contributed by atoms with E-state index in [0.29, 0.717) is 15.8 Å². The normalized spacial score (nSPS) is 20.8. The number of aliphatic imine (C=N–C) groups is 1. The Morgan fingerprint density at radius 3 is 2.79 bits per heavy atom. The molecule has 100 valence electrons. The van der Waals surface area contributed by atoms with Crippen LogP contribution in [0.1, 0.15) is 6.92 Å². The molecule has 0 bridgehead atoms. The zero-order chi connectivity index (χ0) is 13.8. The molecule has 1 aliphatic rings. The Bertz CT molecular complexity index is 527. The number of esters is 1. The second-order valence-corrected chi connectivity index (χ2v) is 5.30. The Morgan fingerprint density at radius 2 is 2.16 bits per heavy atom. The highest BCUT2D eigenvalue weighted by Crippen LogP contribution is 2.29. The number of carbonyl (C=O) groups is 2. The molecule has 6 heteroatoms. The molecule has 0 saturated carbocycles. The Hall–Kier alpha value is -1.33. The van der Waals surface area contributed by atoms with Gasteiger partial charge in [-0.05, 0) is 31.2 Å². The van der Waals surface area contributed by atoms with Crippen molar-refractivity contribution in [2.75, 3.05) is 12.4 Å². The van der Waals surface area contributed by atoms with Gasteiger partial charge in [0.2, 0.25) is 0 Å². The van der Waals surface area contributed by atoms with Crippen LogP contribution in [0.15, 0.2) is 29.3 Å². The number of carbonyl (C=O) groups excluding carboxylic acids is 2. The fraction of sp³-hybridized carbons (Fsp3) is 0.308. The van der Waals surface area contributed by atoms with Gasteiger partial charge in [0.15, 0.2) is 11.7 Å². The van der Waals surface area contributed by atoms with E-state index in [1.54, 1.807) is 31.2 Å². The summed E-state index contributed by atoms with van der Waals surface area (Å²) in [6.07, 6.45) is 0. The molecule has 0 spiro atoms. The molecule has 0 aliphatic carbocycles. The standard InChI is InChI=1S/C13H12ClNO3S/c1-2-18-13(17)11-10(16)7-19-12(11)15-9-5-3-8(14)4-6-9/h3-6,11H,2,7H2,1H3. The van der Waals surface area contributed by atoms with Crippen LogP contribution in [-0.2, 0) is 14.3 Å². The predicted molar refractivity (Wildman–Crippen MR) is 76.1 cm³/mol. The van der Waals surface area contributed by atoms with E-state index >= 15 is 0 Å². The minimum absolute atomic E-state index is 0.156. The summed E-state index contributed by atoms with van der Waals surface area (Å²) in [6.45, 7) is 1.96. The lowest BCUT2D eigenvalue weighted by Gasteiger charge is -2.08. The van der Waals surface area contributed by atoms with E-state index in [2.05, 4.69) is 4.99 Å². The topological polar surface area (TPSA) is 55.7 Å². The van der Waals surface area contributed by atoms with Crippen LogP contribution in [0.4, 0.5) is 5.69 Å². The molecule has 0 aromatic heterocycles. The van der Waals surface area contributed by atoms with Gasteiger partial charge < -0.3 is 4.74 Å². The van der Waals surface area contributed by atoms with E-state index in [9.17, 15) is 9.59 Å². The first kappa shape index (κ1) is 14.1. The molecule has 1 heterocycles. The van der Waals surface area contributed by atoms with E-state index < -0.39 is 11.9 Å². The van der Waals surface area contributed by atoms with Crippen molar-refractivity contribution in [3.05, 3.63) is 29.3 Å². The number of halogens is 1. The summed E-state index contributed by atoms with van der Waals surface area (Å²) in [6, 6.07) is 6.89. The molecule has 4 nitrogen and oxygen atoms in total. The number of hydrogen-bond donors (Lipinski definition) is 0. The molecule has 1 atom stereocenters. The second kappa shape index (κ2) is 6.21. The first-order valence-corrected chi connectivity index (χ1v) is 7.14. The first-order valence-electron chi connectivity index (χ1n) is 5.78. The molecule has 1 fully saturated rings. The predicted octanol–water partition coefficient (Wildman–Crippen LogP) is 2.87. The van der Waals surface area contributed by atoms with Crippen LogP contribution < -0.4 is 0 Å². The number of ether oxygens (including phenoxy) is 1. The fourth-order valence-electron chi connectivity index (χ4n) is 1.65. The molecule has 1 aromatic carbocycles. The summed E-state index contributed by atoms with van der Waals surface area (Å²) in [5.74, 6) is -1.29. The second-order valence-electron chi connectivity index (χ2n) is 3.87. The van der Waals surface area contributed by atoms with Gasteiger partial charge in [-0.15, -0.1) is 11.8 Å². The zero-order valence-electron chi connectivity index (χ0n) is 10.3. The summed E-state index contributed by atoms with van der Waals surface area (Å²) in [5, 5.41) is 1.10. The van der Waals surface area contributed by atoms with Gasteiger partial charge in [0.05, 0.1) is 23.1 Å². The van der Waals surface area contributed by atoms with E-state index in [0.717, 1.165) is 0 Å². The van der Waals surface area contributed by atoms with Crippen LogP contribution in [0, 0.1) is 5.92 Å². The van der Waals surface area contributed by atoms with Crippen LogP contribution in [0.25, 0.3) is 0 Å². The van der Waals surface area contributed by atoms with Crippen molar-refractivity contribution in [3.8, 4) is 0 Å². The van der Waals surface area contributed by atoms with Gasteiger partial charge in [-0.1, -0.05) is 11.6 Å². The number of hydrogen-bond acceptors (Lipinski definition) is 5. The van der Waals surface area contributed by atoms with Gasteiger partial charge in [0.25, 0.3) is 0 Å². The fourth-order valence-corrected chi connectivity index (χ4v) is 2.79. The lowest BCUT2D eigenvalue weighted by Crippen LogP contribution is -2.27. The van der Waals surface area contributed by atoms with E-state index in [1.165, 1.54) is 11.8 Å². The van der Waals surface area contributed by atoms with Gasteiger partial charge in [0.1, 0.15) is 0 Å². The average molecular weight is 298 g/mol. The molecule has 1 aliphatic heterocycles. The van der Waals surface area contributed by atoms with Crippen molar-refractivity contribution < 1.29 is 14.3 Å². The minimum atomic E-state index is -0.874. The van der Waals surface area contributed by atoms with Crippen LogP contribution >= 0.6 is 23.4 Å². The number of Topliss-reactive ketones (excluding diaryl/α,β-unsaturated/α-hetero) is 1. The molecule has 19 heavy (non-hydrogen) atoms. The van der Waals surface area contributed by atoms with Crippen molar-refractivity contribution >= 4 is 45.8 Å². The Labute approximate surface area is 120 Å². The molecular formula is C13H12ClNO3S.